The number of allylic oxidation sites excluding steroid dienone is 1. The quantitative estimate of drug-likeness (QED) is 0.645. The molecule has 0 saturated carbocycles. The summed E-state index contributed by atoms with van der Waals surface area (Å²) < 4.78 is 1.00. The van der Waals surface area contributed by atoms with E-state index in [1.807, 2.05) is 30.3 Å². The average molecular weight is 371 g/mol. The summed E-state index contributed by atoms with van der Waals surface area (Å²) in [5, 5.41) is 2.79. The molecule has 116 valence electrons. The molecule has 0 aliphatic carbocycles. The highest BCUT2D eigenvalue weighted by Gasteiger charge is 2.19. The molecule has 0 aromatic heterocycles. The van der Waals surface area contributed by atoms with Crippen molar-refractivity contribution in [2.45, 2.75) is 6.54 Å². The van der Waals surface area contributed by atoms with E-state index < -0.39 is 0 Å². The third kappa shape index (κ3) is 3.51. The normalized spacial score (nSPS) is 13.8. The smallest absolute Gasteiger partial charge is 0.321 e. The number of benzene rings is 2. The number of nitrogens with one attached hydrogen (secondary N) is 1. The Morgan fingerprint density at radius 1 is 1.22 bits per heavy atom. The van der Waals surface area contributed by atoms with Gasteiger partial charge in [0.25, 0.3) is 0 Å². The number of amides is 2. The summed E-state index contributed by atoms with van der Waals surface area (Å²) in [6.07, 6.45) is 3.36. The van der Waals surface area contributed by atoms with Crippen LogP contribution in [0.3, 0.4) is 0 Å². The maximum absolute atomic E-state index is 12.3. The standard InChI is InChI=1S/C18H15BrN2O2/c1-21-11-14-10-13(5-8-16(14)20-18(21)23)17(22)9-4-12-2-6-15(19)7-3-12/h2-10H,11H2,1H3,(H,20,23)/b9-4+. The van der Waals surface area contributed by atoms with Crippen molar-refractivity contribution in [3.63, 3.8) is 0 Å². The Balaban J connectivity index is 1.79. The third-order valence-corrected chi connectivity index (χ3v) is 4.21. The Morgan fingerprint density at radius 2 is 1.96 bits per heavy atom. The lowest BCUT2D eigenvalue weighted by molar-refractivity contribution is 0.104. The van der Waals surface area contributed by atoms with E-state index in [0.29, 0.717) is 12.1 Å². The molecule has 1 N–H and O–H groups in total. The van der Waals surface area contributed by atoms with Gasteiger partial charge >= 0.3 is 6.03 Å². The van der Waals surface area contributed by atoms with Gasteiger partial charge in [-0.1, -0.05) is 34.1 Å². The summed E-state index contributed by atoms with van der Waals surface area (Å²) in [6, 6.07) is 12.9. The number of hydrogen-bond acceptors (Lipinski definition) is 2. The van der Waals surface area contributed by atoms with Gasteiger partial charge < -0.3 is 10.2 Å². The molecule has 5 heteroatoms. The van der Waals surface area contributed by atoms with Crippen molar-refractivity contribution in [3.05, 3.63) is 69.7 Å². The molecular weight excluding hydrogens is 356 g/mol. The Bertz CT molecular complexity index is 797. The minimum atomic E-state index is -0.133. The summed E-state index contributed by atoms with van der Waals surface area (Å²) in [4.78, 5) is 25.5. The van der Waals surface area contributed by atoms with Crippen molar-refractivity contribution in [2.24, 2.45) is 0 Å². The van der Waals surface area contributed by atoms with Crippen LogP contribution < -0.4 is 5.32 Å². The molecule has 2 aromatic rings. The lowest BCUT2D eigenvalue weighted by Crippen LogP contribution is -2.35. The molecule has 0 atom stereocenters. The van der Waals surface area contributed by atoms with E-state index in [-0.39, 0.29) is 11.8 Å². The first-order chi connectivity index (χ1) is 11.0. The molecule has 1 aliphatic rings. The number of nitrogens with zero attached hydrogens (tertiary/aromatic N) is 1. The molecule has 0 unspecified atom stereocenters. The first kappa shape index (κ1) is 15.5. The van der Waals surface area contributed by atoms with Crippen LogP contribution in [-0.4, -0.2) is 23.8 Å². The SMILES string of the molecule is CN1Cc2cc(C(=O)/C=C/c3ccc(Br)cc3)ccc2NC1=O. The molecule has 3 rings (SSSR count). The van der Waals surface area contributed by atoms with Crippen LogP contribution in [0, 0.1) is 0 Å². The van der Waals surface area contributed by atoms with Crippen molar-refractivity contribution >= 4 is 39.5 Å². The first-order valence-corrected chi connectivity index (χ1v) is 7.95. The zero-order valence-electron chi connectivity index (χ0n) is 12.5. The topological polar surface area (TPSA) is 49.4 Å². The molecule has 0 bridgehead atoms. The summed E-state index contributed by atoms with van der Waals surface area (Å²) in [6.45, 7) is 0.499. The van der Waals surface area contributed by atoms with Crippen LogP contribution in [-0.2, 0) is 6.54 Å². The highest BCUT2D eigenvalue weighted by molar-refractivity contribution is 9.10. The zero-order valence-corrected chi connectivity index (χ0v) is 14.1. The van der Waals surface area contributed by atoms with E-state index >= 15 is 0 Å². The molecule has 4 nitrogen and oxygen atoms in total. The first-order valence-electron chi connectivity index (χ1n) is 7.16. The molecule has 1 aliphatic heterocycles. The van der Waals surface area contributed by atoms with Gasteiger partial charge in [-0.15, -0.1) is 0 Å². The minimum absolute atomic E-state index is 0.0599. The number of anilines is 1. The van der Waals surface area contributed by atoms with Gasteiger partial charge in [0.2, 0.25) is 0 Å². The lowest BCUT2D eigenvalue weighted by atomic mass is 10.0. The number of halogens is 1. The molecular formula is C18H15BrN2O2. The molecule has 0 saturated heterocycles. The Hall–Kier alpha value is -2.40. The van der Waals surface area contributed by atoms with Gasteiger partial charge in [0.05, 0.1) is 0 Å². The van der Waals surface area contributed by atoms with E-state index in [1.165, 1.54) is 0 Å². The largest absolute Gasteiger partial charge is 0.323 e. The van der Waals surface area contributed by atoms with Crippen LogP contribution >= 0.6 is 15.9 Å². The van der Waals surface area contributed by atoms with Crippen molar-refractivity contribution in [3.8, 4) is 0 Å². The summed E-state index contributed by atoms with van der Waals surface area (Å²) in [5.74, 6) is -0.0599. The molecule has 23 heavy (non-hydrogen) atoms. The Morgan fingerprint density at radius 3 is 2.70 bits per heavy atom. The van der Waals surface area contributed by atoms with Crippen LogP contribution in [0.2, 0.25) is 0 Å². The Labute approximate surface area is 142 Å². The number of carbonyl (C=O) groups excluding carboxylic acids is 2. The minimum Gasteiger partial charge on any atom is -0.323 e. The molecule has 2 amide bonds. The maximum Gasteiger partial charge on any atom is 0.321 e. The fourth-order valence-corrected chi connectivity index (χ4v) is 2.64. The number of fused-ring (bicyclic) bond motifs is 1. The highest BCUT2D eigenvalue weighted by atomic mass is 79.9. The average Bonchev–Trinajstić information content (AvgIpc) is 2.54. The lowest BCUT2D eigenvalue weighted by Gasteiger charge is -2.26. The van der Waals surface area contributed by atoms with Gasteiger partial charge in [-0.05, 0) is 47.5 Å². The van der Waals surface area contributed by atoms with Gasteiger partial charge in [0.1, 0.15) is 0 Å². The number of carbonyl (C=O) groups is 2. The predicted octanol–water partition coefficient (Wildman–Crippen LogP) is 4.32. The number of urea groups is 1. The van der Waals surface area contributed by atoms with Crippen LogP contribution in [0.4, 0.5) is 10.5 Å². The van der Waals surface area contributed by atoms with Gasteiger partial charge in [-0.3, -0.25) is 4.79 Å². The Kier molecular flexibility index (Phi) is 4.30. The van der Waals surface area contributed by atoms with Crippen LogP contribution in [0.1, 0.15) is 21.5 Å². The number of rotatable bonds is 3. The van der Waals surface area contributed by atoms with Gasteiger partial charge in [0, 0.05) is 29.3 Å². The highest BCUT2D eigenvalue weighted by Crippen LogP contribution is 2.24. The fourth-order valence-electron chi connectivity index (χ4n) is 2.38. The molecule has 0 fully saturated rings. The van der Waals surface area contributed by atoms with E-state index in [9.17, 15) is 9.59 Å². The molecule has 1 heterocycles. The summed E-state index contributed by atoms with van der Waals surface area (Å²) >= 11 is 3.38. The van der Waals surface area contributed by atoms with Crippen molar-refractivity contribution in [1.29, 1.82) is 0 Å². The second-order valence-electron chi connectivity index (χ2n) is 5.41. The number of hydrogen-bond donors (Lipinski definition) is 1. The maximum atomic E-state index is 12.3. The van der Waals surface area contributed by atoms with Gasteiger partial charge in [0.15, 0.2) is 5.78 Å². The van der Waals surface area contributed by atoms with E-state index in [4.69, 9.17) is 0 Å². The zero-order chi connectivity index (χ0) is 16.4. The molecule has 0 spiro atoms. The van der Waals surface area contributed by atoms with E-state index in [1.54, 1.807) is 36.2 Å². The molecule has 0 radical (unpaired) electrons. The molecule has 2 aromatic carbocycles. The predicted molar refractivity (Wildman–Crippen MR) is 94.4 cm³/mol. The van der Waals surface area contributed by atoms with Crippen LogP contribution in [0.25, 0.3) is 6.08 Å². The van der Waals surface area contributed by atoms with Crippen LogP contribution in [0.5, 0.6) is 0 Å². The van der Waals surface area contributed by atoms with Crippen molar-refractivity contribution in [2.75, 3.05) is 12.4 Å². The van der Waals surface area contributed by atoms with Gasteiger partial charge in [-0.2, -0.15) is 0 Å². The van der Waals surface area contributed by atoms with Crippen LogP contribution in [0.15, 0.2) is 53.0 Å². The van der Waals surface area contributed by atoms with Crippen molar-refractivity contribution < 1.29 is 9.59 Å². The van der Waals surface area contributed by atoms with E-state index in [2.05, 4.69) is 21.2 Å². The summed E-state index contributed by atoms with van der Waals surface area (Å²) in [7, 11) is 1.72. The summed E-state index contributed by atoms with van der Waals surface area (Å²) in [5.41, 5.74) is 3.28. The van der Waals surface area contributed by atoms with Gasteiger partial charge in [-0.25, -0.2) is 4.79 Å². The second kappa shape index (κ2) is 6.38. The second-order valence-corrected chi connectivity index (χ2v) is 6.32. The number of ketones is 1. The fraction of sp³-hybridized carbons (Fsp3) is 0.111. The monoisotopic (exact) mass is 370 g/mol. The van der Waals surface area contributed by atoms with E-state index in [0.717, 1.165) is 21.3 Å². The third-order valence-electron chi connectivity index (χ3n) is 3.68. The van der Waals surface area contributed by atoms with Crippen molar-refractivity contribution in [1.82, 2.24) is 4.90 Å².